The molecule has 1 amide bonds. The van der Waals surface area contributed by atoms with E-state index < -0.39 is 0 Å². The van der Waals surface area contributed by atoms with E-state index in [1.165, 1.54) is 0 Å². The Hall–Kier alpha value is -1.58. The van der Waals surface area contributed by atoms with Gasteiger partial charge in [0.15, 0.2) is 0 Å². The van der Waals surface area contributed by atoms with Crippen LogP contribution in [0.1, 0.15) is 42.2 Å². The molecule has 0 bridgehead atoms. The van der Waals surface area contributed by atoms with E-state index in [1.807, 2.05) is 17.8 Å². The van der Waals surface area contributed by atoms with Gasteiger partial charge in [-0.15, -0.1) is 0 Å². The Morgan fingerprint density at radius 2 is 2.47 bits per heavy atom. The van der Waals surface area contributed by atoms with Crippen LogP contribution in [0, 0.1) is 6.92 Å². The molecule has 0 radical (unpaired) electrons. The zero-order chi connectivity index (χ0) is 12.3. The van der Waals surface area contributed by atoms with Crippen molar-refractivity contribution in [3.05, 3.63) is 29.6 Å². The van der Waals surface area contributed by atoms with Crippen LogP contribution in [0.2, 0.25) is 0 Å². The number of hydrogen-bond donors (Lipinski definition) is 1. The molecule has 4 nitrogen and oxygen atoms in total. The van der Waals surface area contributed by atoms with Crippen molar-refractivity contribution in [2.45, 2.75) is 45.7 Å². The van der Waals surface area contributed by atoms with E-state index in [4.69, 9.17) is 0 Å². The first-order valence-corrected chi connectivity index (χ1v) is 6.22. The van der Waals surface area contributed by atoms with Crippen LogP contribution in [0.15, 0.2) is 18.3 Å². The van der Waals surface area contributed by atoms with Crippen LogP contribution in [0.5, 0.6) is 0 Å². The van der Waals surface area contributed by atoms with Crippen LogP contribution < -0.4 is 5.32 Å². The minimum atomic E-state index is -0.0126. The minimum absolute atomic E-state index is 0.0126. The van der Waals surface area contributed by atoms with Crippen molar-refractivity contribution in [1.29, 1.82) is 0 Å². The van der Waals surface area contributed by atoms with Gasteiger partial charge in [-0.25, -0.2) is 0 Å². The highest BCUT2D eigenvalue weighted by molar-refractivity contribution is 5.95. The van der Waals surface area contributed by atoms with Gasteiger partial charge in [-0.1, -0.05) is 19.1 Å². The number of carbonyl (C=O) groups excluding carboxylic acids is 1. The van der Waals surface area contributed by atoms with E-state index in [-0.39, 0.29) is 11.9 Å². The quantitative estimate of drug-likeness (QED) is 0.809. The Balaban J connectivity index is 2.04. The van der Waals surface area contributed by atoms with E-state index >= 15 is 0 Å². The van der Waals surface area contributed by atoms with Gasteiger partial charge in [0, 0.05) is 18.8 Å². The molecule has 92 valence electrons. The first-order chi connectivity index (χ1) is 8.20. The Morgan fingerprint density at radius 3 is 3.12 bits per heavy atom. The highest BCUT2D eigenvalue weighted by atomic mass is 16.1. The molecule has 0 aliphatic heterocycles. The summed E-state index contributed by atoms with van der Waals surface area (Å²) in [6.07, 6.45) is 9.09. The largest absolute Gasteiger partial charge is 0.346 e. The molecular formula is C13H19N3O. The summed E-state index contributed by atoms with van der Waals surface area (Å²) in [5, 5.41) is 7.35. The highest BCUT2D eigenvalue weighted by Gasteiger charge is 2.17. The van der Waals surface area contributed by atoms with Crippen LogP contribution in [-0.4, -0.2) is 21.7 Å². The number of amides is 1. The minimum Gasteiger partial charge on any atom is -0.346 e. The molecule has 0 aromatic carbocycles. The van der Waals surface area contributed by atoms with Crippen molar-refractivity contribution in [2.24, 2.45) is 0 Å². The molecule has 1 aliphatic carbocycles. The average Bonchev–Trinajstić information content (AvgIpc) is 2.88. The van der Waals surface area contributed by atoms with E-state index in [0.29, 0.717) is 5.56 Å². The smallest absolute Gasteiger partial charge is 0.255 e. The summed E-state index contributed by atoms with van der Waals surface area (Å²) in [5.74, 6) is -0.0126. The van der Waals surface area contributed by atoms with Crippen molar-refractivity contribution in [3.63, 3.8) is 0 Å². The number of allylic oxidation sites excluding steroid dienone is 1. The summed E-state index contributed by atoms with van der Waals surface area (Å²) in [4.78, 5) is 12.0. The normalized spacial score (nSPS) is 18.6. The molecular weight excluding hydrogens is 214 g/mol. The van der Waals surface area contributed by atoms with Gasteiger partial charge in [0.1, 0.15) is 0 Å². The molecule has 4 heteroatoms. The maximum atomic E-state index is 12.0. The second-order valence-corrected chi connectivity index (χ2v) is 4.48. The third kappa shape index (κ3) is 2.75. The lowest BCUT2D eigenvalue weighted by Gasteiger charge is -2.09. The number of hydrogen-bond acceptors (Lipinski definition) is 2. The van der Waals surface area contributed by atoms with E-state index in [9.17, 15) is 4.79 Å². The van der Waals surface area contributed by atoms with Gasteiger partial charge in [0.05, 0.1) is 11.3 Å². The van der Waals surface area contributed by atoms with Crippen LogP contribution in [0.3, 0.4) is 0 Å². The number of aromatic nitrogens is 2. The number of nitrogens with zero attached hydrogens (tertiary/aromatic N) is 2. The first-order valence-electron chi connectivity index (χ1n) is 6.22. The number of aryl methyl sites for hydroxylation is 2. The molecule has 0 saturated carbocycles. The van der Waals surface area contributed by atoms with Crippen molar-refractivity contribution >= 4 is 5.91 Å². The number of rotatable bonds is 4. The predicted molar refractivity (Wildman–Crippen MR) is 66.9 cm³/mol. The predicted octanol–water partition coefficient (Wildman–Crippen LogP) is 2.05. The number of nitrogens with one attached hydrogen (secondary N) is 1. The van der Waals surface area contributed by atoms with Crippen molar-refractivity contribution in [1.82, 2.24) is 15.1 Å². The van der Waals surface area contributed by atoms with Gasteiger partial charge >= 0.3 is 0 Å². The Kier molecular flexibility index (Phi) is 3.61. The monoisotopic (exact) mass is 233 g/mol. The summed E-state index contributed by atoms with van der Waals surface area (Å²) >= 11 is 0. The molecule has 1 heterocycles. The van der Waals surface area contributed by atoms with Crippen LogP contribution in [0.25, 0.3) is 0 Å². The topological polar surface area (TPSA) is 46.9 Å². The van der Waals surface area contributed by atoms with E-state index in [2.05, 4.69) is 29.5 Å². The molecule has 17 heavy (non-hydrogen) atoms. The fraction of sp³-hybridized carbons (Fsp3) is 0.538. The maximum absolute atomic E-state index is 12.0. The van der Waals surface area contributed by atoms with E-state index in [0.717, 1.165) is 31.5 Å². The van der Waals surface area contributed by atoms with Crippen molar-refractivity contribution in [3.8, 4) is 0 Å². The Bertz CT molecular complexity index is 434. The molecule has 1 aromatic rings. The lowest BCUT2D eigenvalue weighted by molar-refractivity contribution is 0.0943. The lowest BCUT2D eigenvalue weighted by Crippen LogP contribution is -2.32. The van der Waals surface area contributed by atoms with Crippen molar-refractivity contribution < 1.29 is 4.79 Å². The van der Waals surface area contributed by atoms with Gasteiger partial charge < -0.3 is 5.32 Å². The zero-order valence-corrected chi connectivity index (χ0v) is 10.4. The van der Waals surface area contributed by atoms with Gasteiger partial charge in [-0.3, -0.25) is 9.48 Å². The molecule has 1 aromatic heterocycles. The third-order valence-electron chi connectivity index (χ3n) is 2.97. The fourth-order valence-corrected chi connectivity index (χ4v) is 2.08. The second kappa shape index (κ2) is 5.17. The molecule has 0 saturated heterocycles. The fourth-order valence-electron chi connectivity index (χ4n) is 2.08. The molecule has 2 rings (SSSR count). The van der Waals surface area contributed by atoms with Gasteiger partial charge in [-0.05, 0) is 26.2 Å². The van der Waals surface area contributed by atoms with Crippen LogP contribution in [0.4, 0.5) is 0 Å². The zero-order valence-electron chi connectivity index (χ0n) is 10.4. The summed E-state index contributed by atoms with van der Waals surface area (Å²) in [5.41, 5.74) is 1.50. The highest BCUT2D eigenvalue weighted by Crippen LogP contribution is 2.11. The molecule has 1 N–H and O–H groups in total. The second-order valence-electron chi connectivity index (χ2n) is 4.48. The summed E-state index contributed by atoms with van der Waals surface area (Å²) in [6, 6.07) is 0.191. The Morgan fingerprint density at radius 1 is 1.65 bits per heavy atom. The molecule has 0 fully saturated rings. The molecule has 1 atom stereocenters. The lowest BCUT2D eigenvalue weighted by atomic mass is 10.2. The van der Waals surface area contributed by atoms with Gasteiger partial charge in [0.25, 0.3) is 5.91 Å². The standard InChI is InChI=1S/C13H19N3O/c1-3-8-16-9-12(10(2)15-16)13(17)14-11-6-4-5-7-11/h4,6,9,11H,3,5,7-8H2,1-2H3,(H,14,17). The van der Waals surface area contributed by atoms with Crippen molar-refractivity contribution in [2.75, 3.05) is 0 Å². The van der Waals surface area contributed by atoms with Crippen LogP contribution >= 0.6 is 0 Å². The summed E-state index contributed by atoms with van der Waals surface area (Å²) in [6.45, 7) is 4.84. The van der Waals surface area contributed by atoms with Crippen LogP contribution in [-0.2, 0) is 6.54 Å². The number of carbonyl (C=O) groups is 1. The summed E-state index contributed by atoms with van der Waals surface area (Å²) in [7, 11) is 0. The summed E-state index contributed by atoms with van der Waals surface area (Å²) < 4.78 is 1.84. The SMILES string of the molecule is CCCn1cc(C(=O)NC2C=CCC2)c(C)n1. The molecule has 1 unspecified atom stereocenters. The first kappa shape index (κ1) is 11.9. The molecule has 0 spiro atoms. The maximum Gasteiger partial charge on any atom is 0.255 e. The van der Waals surface area contributed by atoms with Gasteiger partial charge in [-0.2, -0.15) is 5.10 Å². The van der Waals surface area contributed by atoms with Gasteiger partial charge in [0.2, 0.25) is 0 Å². The average molecular weight is 233 g/mol. The Labute approximate surface area is 102 Å². The third-order valence-corrected chi connectivity index (χ3v) is 2.97. The molecule has 1 aliphatic rings. The van der Waals surface area contributed by atoms with E-state index in [1.54, 1.807) is 0 Å².